The van der Waals surface area contributed by atoms with E-state index in [1.54, 1.807) is 0 Å². The first kappa shape index (κ1) is 10.3. The van der Waals surface area contributed by atoms with Crippen molar-refractivity contribution in [3.8, 4) is 5.75 Å². The zero-order valence-electron chi connectivity index (χ0n) is 9.38. The molecule has 0 atom stereocenters. The van der Waals surface area contributed by atoms with Crippen LogP contribution in [0, 0.1) is 0 Å². The lowest BCUT2D eigenvalue weighted by Gasteiger charge is -2.18. The predicted octanol–water partition coefficient (Wildman–Crippen LogP) is 2.94. The van der Waals surface area contributed by atoms with Gasteiger partial charge in [-0.1, -0.05) is 6.92 Å². The molecule has 2 N–H and O–H groups in total. The van der Waals surface area contributed by atoms with E-state index in [0.717, 1.165) is 24.5 Å². The van der Waals surface area contributed by atoms with Crippen molar-refractivity contribution in [3.05, 3.63) is 23.3 Å². The van der Waals surface area contributed by atoms with Crippen molar-refractivity contribution in [2.45, 2.75) is 39.0 Å². The second-order valence-corrected chi connectivity index (χ2v) is 4.21. The minimum absolute atomic E-state index is 0.753. The van der Waals surface area contributed by atoms with Gasteiger partial charge in [-0.2, -0.15) is 0 Å². The predicted molar refractivity (Wildman–Crippen MR) is 63.3 cm³/mol. The number of anilines is 1. The molecule has 2 rings (SSSR count). The highest BCUT2D eigenvalue weighted by Crippen LogP contribution is 2.30. The molecule has 1 aliphatic carbocycles. The van der Waals surface area contributed by atoms with Crippen LogP contribution in [0.3, 0.4) is 0 Å². The van der Waals surface area contributed by atoms with Gasteiger partial charge >= 0.3 is 0 Å². The Labute approximate surface area is 91.4 Å². The third-order valence-electron chi connectivity index (χ3n) is 2.94. The minimum Gasteiger partial charge on any atom is -0.491 e. The maximum Gasteiger partial charge on any atom is 0.142 e. The number of rotatable bonds is 3. The van der Waals surface area contributed by atoms with Crippen LogP contribution >= 0.6 is 0 Å². The van der Waals surface area contributed by atoms with Crippen LogP contribution in [0.5, 0.6) is 5.75 Å². The number of benzene rings is 1. The molecule has 0 saturated heterocycles. The second-order valence-electron chi connectivity index (χ2n) is 4.21. The van der Waals surface area contributed by atoms with Crippen molar-refractivity contribution in [2.24, 2.45) is 0 Å². The monoisotopic (exact) mass is 205 g/mol. The Morgan fingerprint density at radius 2 is 1.87 bits per heavy atom. The first-order valence-electron chi connectivity index (χ1n) is 5.85. The molecule has 2 heteroatoms. The molecule has 0 bridgehead atoms. The van der Waals surface area contributed by atoms with Crippen molar-refractivity contribution in [1.29, 1.82) is 0 Å². The van der Waals surface area contributed by atoms with E-state index in [9.17, 15) is 0 Å². The Hall–Kier alpha value is -1.18. The minimum atomic E-state index is 0.753. The maximum absolute atomic E-state index is 5.96. The first-order valence-corrected chi connectivity index (χ1v) is 5.85. The molecular formula is C13H19NO. The fourth-order valence-corrected chi connectivity index (χ4v) is 2.12. The molecule has 0 aromatic heterocycles. The summed E-state index contributed by atoms with van der Waals surface area (Å²) < 4.78 is 5.63. The van der Waals surface area contributed by atoms with Gasteiger partial charge in [0.1, 0.15) is 5.75 Å². The third-order valence-corrected chi connectivity index (χ3v) is 2.94. The standard InChI is InChI=1S/C13H19NO/c1-2-7-15-13-9-11-6-4-3-5-10(11)8-12(13)14/h8-9H,2-7,14H2,1H3. The number of nitrogen functional groups attached to an aromatic ring is 1. The van der Waals surface area contributed by atoms with Crippen LogP contribution in [0.2, 0.25) is 0 Å². The van der Waals surface area contributed by atoms with E-state index in [0.29, 0.717) is 0 Å². The van der Waals surface area contributed by atoms with E-state index in [-0.39, 0.29) is 0 Å². The smallest absolute Gasteiger partial charge is 0.142 e. The van der Waals surface area contributed by atoms with E-state index < -0.39 is 0 Å². The van der Waals surface area contributed by atoms with Crippen LogP contribution in [0.25, 0.3) is 0 Å². The van der Waals surface area contributed by atoms with Crippen molar-refractivity contribution >= 4 is 5.69 Å². The van der Waals surface area contributed by atoms with Crippen molar-refractivity contribution in [2.75, 3.05) is 12.3 Å². The van der Waals surface area contributed by atoms with Crippen LogP contribution in [-0.4, -0.2) is 6.61 Å². The Kier molecular flexibility index (Phi) is 3.14. The number of aryl methyl sites for hydroxylation is 2. The Bertz CT molecular complexity index is 347. The Morgan fingerprint density at radius 1 is 1.20 bits per heavy atom. The molecule has 0 saturated carbocycles. The normalized spacial score (nSPS) is 14.7. The Morgan fingerprint density at radius 3 is 2.53 bits per heavy atom. The molecule has 0 amide bonds. The lowest BCUT2D eigenvalue weighted by molar-refractivity contribution is 0.318. The van der Waals surface area contributed by atoms with E-state index in [2.05, 4.69) is 19.1 Å². The molecule has 2 nitrogen and oxygen atoms in total. The summed E-state index contributed by atoms with van der Waals surface area (Å²) in [4.78, 5) is 0. The molecule has 0 aliphatic heterocycles. The van der Waals surface area contributed by atoms with Gasteiger partial charge in [-0.25, -0.2) is 0 Å². The number of ether oxygens (including phenoxy) is 1. The Balaban J connectivity index is 2.24. The number of fused-ring (bicyclic) bond motifs is 1. The second kappa shape index (κ2) is 4.56. The highest BCUT2D eigenvalue weighted by atomic mass is 16.5. The summed E-state index contributed by atoms with van der Waals surface area (Å²) in [6.45, 7) is 2.86. The summed E-state index contributed by atoms with van der Waals surface area (Å²) in [6, 6.07) is 4.24. The van der Waals surface area contributed by atoms with E-state index >= 15 is 0 Å². The highest BCUT2D eigenvalue weighted by molar-refractivity contribution is 5.57. The van der Waals surface area contributed by atoms with Crippen LogP contribution in [0.1, 0.15) is 37.3 Å². The van der Waals surface area contributed by atoms with Gasteiger partial charge in [0.05, 0.1) is 12.3 Å². The molecule has 1 aromatic rings. The summed E-state index contributed by atoms with van der Waals surface area (Å²) in [7, 11) is 0. The third kappa shape index (κ3) is 2.25. The first-order chi connectivity index (χ1) is 7.31. The molecule has 82 valence electrons. The molecule has 0 fully saturated rings. The summed E-state index contributed by atoms with van der Waals surface area (Å²) >= 11 is 0. The number of hydrogen-bond acceptors (Lipinski definition) is 2. The van der Waals surface area contributed by atoms with Crippen molar-refractivity contribution in [1.82, 2.24) is 0 Å². The zero-order chi connectivity index (χ0) is 10.7. The molecule has 1 aliphatic rings. The molecule has 0 unspecified atom stereocenters. The largest absolute Gasteiger partial charge is 0.491 e. The topological polar surface area (TPSA) is 35.2 Å². The van der Waals surface area contributed by atoms with Gasteiger partial charge in [-0.15, -0.1) is 0 Å². The van der Waals surface area contributed by atoms with Crippen LogP contribution in [-0.2, 0) is 12.8 Å². The molecule has 15 heavy (non-hydrogen) atoms. The zero-order valence-corrected chi connectivity index (χ0v) is 9.38. The van der Waals surface area contributed by atoms with Crippen molar-refractivity contribution < 1.29 is 4.74 Å². The average molecular weight is 205 g/mol. The maximum atomic E-state index is 5.96. The molecule has 1 aromatic carbocycles. The van der Waals surface area contributed by atoms with E-state index in [1.807, 2.05) is 0 Å². The van der Waals surface area contributed by atoms with Gasteiger partial charge in [0.25, 0.3) is 0 Å². The van der Waals surface area contributed by atoms with Crippen LogP contribution < -0.4 is 10.5 Å². The van der Waals surface area contributed by atoms with Crippen LogP contribution in [0.15, 0.2) is 12.1 Å². The average Bonchev–Trinajstić information content (AvgIpc) is 2.26. The fourth-order valence-electron chi connectivity index (χ4n) is 2.12. The number of nitrogens with two attached hydrogens (primary N) is 1. The van der Waals surface area contributed by atoms with E-state index in [4.69, 9.17) is 10.5 Å². The van der Waals surface area contributed by atoms with Gasteiger partial charge in [0, 0.05) is 0 Å². The fraction of sp³-hybridized carbons (Fsp3) is 0.538. The van der Waals surface area contributed by atoms with Gasteiger partial charge in [0.15, 0.2) is 0 Å². The summed E-state index contributed by atoms with van der Waals surface area (Å²) in [5.41, 5.74) is 9.61. The molecular weight excluding hydrogens is 186 g/mol. The quantitative estimate of drug-likeness (QED) is 0.770. The van der Waals surface area contributed by atoms with Gasteiger partial charge in [0.2, 0.25) is 0 Å². The lowest BCUT2D eigenvalue weighted by atomic mass is 9.91. The lowest BCUT2D eigenvalue weighted by Crippen LogP contribution is -2.06. The van der Waals surface area contributed by atoms with E-state index in [1.165, 1.54) is 36.8 Å². The number of hydrogen-bond donors (Lipinski definition) is 1. The van der Waals surface area contributed by atoms with Gasteiger partial charge in [-0.3, -0.25) is 0 Å². The summed E-state index contributed by atoms with van der Waals surface area (Å²) in [6.07, 6.45) is 5.97. The van der Waals surface area contributed by atoms with Crippen molar-refractivity contribution in [3.63, 3.8) is 0 Å². The van der Waals surface area contributed by atoms with Gasteiger partial charge < -0.3 is 10.5 Å². The molecule has 0 heterocycles. The highest BCUT2D eigenvalue weighted by Gasteiger charge is 2.12. The molecule has 0 spiro atoms. The summed E-state index contributed by atoms with van der Waals surface area (Å²) in [5, 5.41) is 0. The summed E-state index contributed by atoms with van der Waals surface area (Å²) in [5.74, 6) is 0.873. The molecule has 0 radical (unpaired) electrons. The SMILES string of the molecule is CCCOc1cc2c(cc1N)CCCC2. The van der Waals surface area contributed by atoms with Gasteiger partial charge in [-0.05, 0) is 55.4 Å². The van der Waals surface area contributed by atoms with Crippen LogP contribution in [0.4, 0.5) is 5.69 Å².